The number of H-pyrrole nitrogens is 1. The topological polar surface area (TPSA) is 724 Å². The molecule has 10 rings (SSSR count). The number of anilines is 2. The molecule has 0 unspecified atom stereocenters. The Hall–Kier alpha value is -16.7. The molecule has 2 heterocycles. The maximum atomic E-state index is 15.4. The van der Waals surface area contributed by atoms with Gasteiger partial charge in [-0.25, -0.2) is 9.78 Å². The summed E-state index contributed by atoms with van der Waals surface area (Å²) in [6, 6.07) is 23.6. The molecule has 2 aliphatic carbocycles. The lowest BCUT2D eigenvalue weighted by molar-refractivity contribution is -0.141. The first-order chi connectivity index (χ1) is 70.1. The molecule has 3 aliphatic rings. The number of imidazole rings is 1. The number of aliphatic hydroxyl groups is 1. The second kappa shape index (κ2) is 54.7. The molecule has 1 fully saturated rings. The van der Waals surface area contributed by atoms with E-state index in [0.29, 0.717) is 58.3 Å². The number of nitrogens with two attached hydrogens (primary N) is 3. The van der Waals surface area contributed by atoms with Crippen LogP contribution in [0.1, 0.15) is 143 Å². The lowest BCUT2D eigenvalue weighted by Crippen LogP contribution is -2.62. The molecule has 1 aliphatic heterocycles. The molecule has 0 spiro atoms. The fourth-order valence-electron chi connectivity index (χ4n) is 16.5. The number of hydrogen-bond acceptors (Lipinski definition) is 26. The number of phenols is 3. The summed E-state index contributed by atoms with van der Waals surface area (Å²) in [5.41, 5.74) is 22.0. The highest BCUT2D eigenvalue weighted by atomic mass is 32.1. The third-order valence-electron chi connectivity index (χ3n) is 24.7. The lowest BCUT2D eigenvalue weighted by atomic mass is 9.85. The molecule has 29 N–H and O–H groups in total. The van der Waals surface area contributed by atoms with Crippen molar-refractivity contribution in [1.82, 2.24) is 79.1 Å². The number of unbranched alkanes of at least 4 members (excludes halogenated alkanes) is 1. The van der Waals surface area contributed by atoms with Crippen LogP contribution in [0.5, 0.6) is 17.2 Å². The number of carbonyl (C=O) groups excluding carboxylic acids is 11. The van der Waals surface area contributed by atoms with Gasteiger partial charge in [-0.2, -0.15) is 10.2 Å². The van der Waals surface area contributed by atoms with Gasteiger partial charge in [-0.15, -0.1) is 0 Å². The van der Waals surface area contributed by atoms with Gasteiger partial charge in [0.25, 0.3) is 0 Å². The van der Waals surface area contributed by atoms with Gasteiger partial charge in [0.1, 0.15) is 83.0 Å². The van der Waals surface area contributed by atoms with Crippen LogP contribution in [0.2, 0.25) is 0 Å². The number of hydrogen-bond donors (Lipinski definition) is 26. The molecule has 7 aromatic rings. The molecule has 6 aromatic carbocycles. The van der Waals surface area contributed by atoms with Crippen LogP contribution >= 0.6 is 12.2 Å². The predicted molar refractivity (Wildman–Crippen MR) is 549 cm³/mol. The monoisotopic (exact) mass is 2040 g/mol. The second-order valence-electron chi connectivity index (χ2n) is 36.1. The number of nitrogens with one attached hydrogen (secondary N) is 17. The van der Waals surface area contributed by atoms with Crippen molar-refractivity contribution in [1.29, 1.82) is 10.8 Å². The number of fused-ring (bicyclic) bond motifs is 2. The number of aliphatic carboxylic acids is 1. The zero-order valence-electron chi connectivity index (χ0n) is 81.7. The molecule has 11 atom stereocenters. The van der Waals surface area contributed by atoms with E-state index in [1.165, 1.54) is 104 Å². The average molecular weight is 2040 g/mol. The van der Waals surface area contributed by atoms with Crippen LogP contribution in [0.3, 0.4) is 0 Å². The Morgan fingerprint density at radius 1 is 0.537 bits per heavy atom. The molecule has 45 nitrogen and oxygen atoms in total. The van der Waals surface area contributed by atoms with E-state index in [4.69, 9.17) is 44.7 Å². The number of aromatic hydroxyl groups is 3. The smallest absolute Gasteiger partial charge is 0.336 e. The summed E-state index contributed by atoms with van der Waals surface area (Å²) >= 11 is 5.70. The number of aromatic nitrogens is 2. The number of primary amides is 1. The number of carboxylic acids is 2. The molecule has 46 heteroatoms. The second-order valence-corrected chi connectivity index (χ2v) is 36.6. The SMILES string of the molecule is CC[C@H](C)[C@H](NC(=O)[C@H](CCCNC(=N)N)NC(=O)[C@H](Cc1ccc(O)cc1)NC(=O)[C@H](CC(=O)O)NC(=O)C1CCC(NC(=S)Nc2ccc(-c3c4ccc(=O)cc-4oc4cc(O)ccc34)c(C(=O)O)c2)CC1)C(=O)N[C@@H](CCCCNC(=O)CCc1ccc(N=Nc2ccc(N(C)C)cc2)cc1)C(=O)N[C@@H](CCCNC(=N)N)C(=O)N[C@@H](Cc1ccc(O)cc1)C(=O)N[C@@H](Cc1c[nH]cn1)C(=O)N[C@H](C(N)=O)[C@@H](C)O. The van der Waals surface area contributed by atoms with Crippen molar-refractivity contribution in [3.05, 3.63) is 202 Å². The summed E-state index contributed by atoms with van der Waals surface area (Å²) < 4.78 is 5.97. The molecule has 0 bridgehead atoms. The number of rotatable bonds is 53. The van der Waals surface area contributed by atoms with E-state index < -0.39 is 162 Å². The summed E-state index contributed by atoms with van der Waals surface area (Å²) in [5.74, 6) is -15.9. The Morgan fingerprint density at radius 2 is 1.03 bits per heavy atom. The molecule has 782 valence electrons. The number of phenolic OH excluding ortho intramolecular Hbond substituents is 3. The first kappa shape index (κ1) is 112. The van der Waals surface area contributed by atoms with Crippen LogP contribution in [0, 0.1) is 22.7 Å². The fraction of sp³-hybridized carbons (Fsp3) is 0.386. The zero-order chi connectivity index (χ0) is 107. The number of thiocarbonyl (C=S) groups is 1. The van der Waals surface area contributed by atoms with Crippen LogP contribution in [0.4, 0.5) is 22.7 Å². The number of guanidine groups is 2. The van der Waals surface area contributed by atoms with Gasteiger partial charge in [-0.3, -0.25) is 73.1 Å². The van der Waals surface area contributed by atoms with Crippen LogP contribution in [0.15, 0.2) is 184 Å². The Kier molecular flexibility index (Phi) is 41.8. The molecule has 147 heavy (non-hydrogen) atoms. The number of aryl methyl sites for hydroxylation is 1. The fourth-order valence-corrected chi connectivity index (χ4v) is 16.8. The molecule has 1 saturated carbocycles. The minimum atomic E-state index is -1.82. The Bertz CT molecular complexity index is 6200. The quantitative estimate of drug-likeness (QED) is 0.00629. The highest BCUT2D eigenvalue weighted by molar-refractivity contribution is 7.80. The van der Waals surface area contributed by atoms with E-state index in [-0.39, 0.29) is 183 Å². The number of aromatic carboxylic acids is 1. The van der Waals surface area contributed by atoms with E-state index in [2.05, 4.69) is 94.6 Å². The van der Waals surface area contributed by atoms with Gasteiger partial charge in [-0.1, -0.05) is 62.7 Å². The van der Waals surface area contributed by atoms with Crippen molar-refractivity contribution in [2.24, 2.45) is 39.3 Å². The lowest BCUT2D eigenvalue weighted by Gasteiger charge is -2.31. The predicted octanol–water partition coefficient (Wildman–Crippen LogP) is 4.35. The van der Waals surface area contributed by atoms with E-state index in [1.807, 2.05) is 55.4 Å². The van der Waals surface area contributed by atoms with E-state index >= 15 is 24.0 Å². The number of carbonyl (C=O) groups is 13. The number of benzene rings is 7. The Labute approximate surface area is 850 Å². The number of azo groups is 1. The van der Waals surface area contributed by atoms with E-state index in [1.54, 1.807) is 44.2 Å². The molecule has 0 saturated heterocycles. The van der Waals surface area contributed by atoms with Gasteiger partial charge in [0.05, 0.1) is 41.5 Å². The van der Waals surface area contributed by atoms with Crippen molar-refractivity contribution in [3.63, 3.8) is 0 Å². The number of aromatic amines is 1. The summed E-state index contributed by atoms with van der Waals surface area (Å²) in [5, 5.41) is 125. The minimum absolute atomic E-state index is 0.000344. The maximum Gasteiger partial charge on any atom is 0.336 e. The number of carboxylic acid groups (broad SMARTS) is 2. The number of aliphatic hydroxyl groups excluding tert-OH is 1. The van der Waals surface area contributed by atoms with Crippen molar-refractivity contribution in [3.8, 4) is 39.7 Å². The van der Waals surface area contributed by atoms with E-state index in [9.17, 15) is 73.8 Å². The van der Waals surface area contributed by atoms with Crippen LogP contribution in [0.25, 0.3) is 33.4 Å². The summed E-state index contributed by atoms with van der Waals surface area (Å²) in [6.45, 7) is 4.48. The first-order valence-electron chi connectivity index (χ1n) is 48.0. The third kappa shape index (κ3) is 34.8. The average Bonchev–Trinajstić information content (AvgIpc) is 0.831. The summed E-state index contributed by atoms with van der Waals surface area (Å²) in [7, 11) is 3.86. The Balaban J connectivity index is 0.858. The highest BCUT2D eigenvalue weighted by Gasteiger charge is 2.40. The largest absolute Gasteiger partial charge is 0.508 e. The zero-order valence-corrected chi connectivity index (χ0v) is 82.5. The number of amides is 11. The van der Waals surface area contributed by atoms with Gasteiger partial charge < -0.3 is 137 Å². The van der Waals surface area contributed by atoms with E-state index in [0.717, 1.165) is 11.3 Å². The summed E-state index contributed by atoms with van der Waals surface area (Å²) in [6.07, 6.45) is 0.366. The van der Waals surface area contributed by atoms with Gasteiger partial charge in [0.2, 0.25) is 65.0 Å². The van der Waals surface area contributed by atoms with Gasteiger partial charge >= 0.3 is 11.9 Å². The molecule has 0 radical (unpaired) electrons. The molecular formula is C101H126N24O21S. The molecule has 11 amide bonds. The minimum Gasteiger partial charge on any atom is -0.508 e. The van der Waals surface area contributed by atoms with Gasteiger partial charge in [0.15, 0.2) is 22.5 Å². The van der Waals surface area contributed by atoms with Crippen LogP contribution in [-0.2, 0) is 83.2 Å². The van der Waals surface area contributed by atoms with Gasteiger partial charge in [-0.05, 0) is 221 Å². The van der Waals surface area contributed by atoms with Gasteiger partial charge in [0, 0.05) is 118 Å². The highest BCUT2D eigenvalue weighted by Crippen LogP contribution is 2.43. The van der Waals surface area contributed by atoms with Crippen LogP contribution in [-0.4, -0.2) is 235 Å². The van der Waals surface area contributed by atoms with Crippen molar-refractivity contribution >= 4 is 140 Å². The number of nitrogens with zero attached hydrogens (tertiary/aromatic N) is 4. The Morgan fingerprint density at radius 3 is 1.55 bits per heavy atom. The standard InChI is InChI=1S/C101H126N24O21S/c1-6-54(2)86(121-92(138)76(13-10-44-110-100(105)106)115-93(139)77(45-57-16-32-66(127)33-17-57)119-95(141)80(51-84(132)133)117-89(135)59-21-25-60(26-22-59)112-101(147)113-63-29-38-70(73(47-63)98(144)145)85-71-39-36-68(129)49-81(71)146-82-50-69(130)37-40-72(82)85)97(143)116-74(11-7-8-42-108-83(131)41-20-56-14-23-61(24-15-56)123-124-62-27-30-65(31-28-62)125(4)5)90(136)114-75(12-9-43-109-99(103)104)91(137)118-78(46-58-18-34-67(128)35-19-58)94(140)120-79(48-64-52-107-53-111-64)96(142)122-87(55(3)126)88(102)134/h14-19,23-24,27-40,47,49-50,52-55,59-60,74-80,86-87,126-129H,6-13,20-22,25-26,41-46,48,51H2,1-5H3,(H2,102,134)(H,107,111)(H,108,131)(H,114,136)(H,115,139)(H,116,143)(H,117,135)(H,118,137)(H,119,141)(H,120,140)(H,121,138)(H,122,142)(H,132,133)(H,144,145)(H4,103,104,109)(H4,105,106,110)(H2,112,113,147)/t54-,55+,59?,60?,74-,75-,76-,77-,78-,79-,80-,86-,87-/m0/s1. The van der Waals surface area contributed by atoms with Crippen LogP contribution < -0.4 is 102 Å². The normalized spacial score (nSPS) is 15.0. The third-order valence-corrected chi connectivity index (χ3v) is 25.0. The van der Waals surface area contributed by atoms with Crippen molar-refractivity contribution < 1.29 is 97.4 Å². The first-order valence-corrected chi connectivity index (χ1v) is 48.4. The summed E-state index contributed by atoms with van der Waals surface area (Å²) in [4.78, 5) is 208. The molecular weight excluding hydrogens is 1920 g/mol. The van der Waals surface area contributed by atoms with Crippen molar-refractivity contribution in [2.75, 3.05) is 43.9 Å². The molecule has 1 aromatic heterocycles. The van der Waals surface area contributed by atoms with Crippen molar-refractivity contribution in [2.45, 2.75) is 203 Å². The maximum absolute atomic E-state index is 15.4.